The van der Waals surface area contributed by atoms with Crippen molar-refractivity contribution in [1.82, 2.24) is 0 Å². The zero-order chi connectivity index (χ0) is 42.6. The van der Waals surface area contributed by atoms with E-state index in [1.54, 1.807) is 0 Å². The summed E-state index contributed by atoms with van der Waals surface area (Å²) in [6.07, 6.45) is 0. The minimum absolute atomic E-state index is 0.168. The first-order valence-electron chi connectivity index (χ1n) is 21.1. The molecule has 0 spiro atoms. The van der Waals surface area contributed by atoms with Gasteiger partial charge in [0.25, 0.3) is 0 Å². The molecule has 0 bridgehead atoms. The average molecular weight is 1050 g/mol. The minimum atomic E-state index is -2.91. The van der Waals surface area contributed by atoms with E-state index in [1.165, 1.54) is 41.5 Å². The molecule has 0 radical (unpaired) electrons. The second-order valence-electron chi connectivity index (χ2n) is 16.7. The molecule has 0 saturated carbocycles. The normalized spacial score (nSPS) is 12.8. The summed E-state index contributed by atoms with van der Waals surface area (Å²) in [6, 6.07) is 93.0. The van der Waals surface area contributed by atoms with Crippen LogP contribution in [0.1, 0.15) is 0 Å². The Balaban J connectivity index is 1.61. The molecule has 0 amide bonds. The quantitative estimate of drug-likeness (QED) is 0.0757. The van der Waals surface area contributed by atoms with Gasteiger partial charge in [-0.3, -0.25) is 0 Å². The summed E-state index contributed by atoms with van der Waals surface area (Å²) < 4.78 is -0.769. The van der Waals surface area contributed by atoms with Crippen LogP contribution in [0.15, 0.2) is 243 Å². The zero-order valence-electron chi connectivity index (χ0n) is 35.3. The molecule has 8 aromatic rings. The molecule has 0 aromatic heterocycles. The third kappa shape index (κ3) is 7.29. The van der Waals surface area contributed by atoms with Crippen LogP contribution in [0.3, 0.4) is 0 Å². The molecule has 0 heterocycles. The van der Waals surface area contributed by atoms with E-state index in [4.69, 9.17) is 31.9 Å². The van der Waals surface area contributed by atoms with Crippen molar-refractivity contribution in [2.24, 2.45) is 0 Å². The Labute approximate surface area is 391 Å². The van der Waals surface area contributed by atoms with Crippen LogP contribution in [0.5, 0.6) is 0 Å². The Kier molecular flexibility index (Phi) is 13.0. The van der Waals surface area contributed by atoms with Crippen molar-refractivity contribution in [1.29, 1.82) is 0 Å². The Morgan fingerprint density at radius 1 is 0.246 bits per heavy atom. The predicted molar refractivity (Wildman–Crippen MR) is 284 cm³/mol. The summed E-state index contributed by atoms with van der Waals surface area (Å²) in [5.41, 5.74) is 0. The third-order valence-corrected chi connectivity index (χ3v) is 61.5. The maximum atomic E-state index is 5.25. The monoisotopic (exact) mass is 1050 g/mol. The van der Waals surface area contributed by atoms with Crippen LogP contribution in [0.25, 0.3) is 0 Å². The van der Waals surface area contributed by atoms with Gasteiger partial charge in [0.05, 0.1) is 0 Å². The summed E-state index contributed by atoms with van der Waals surface area (Å²) in [7, 11) is -11.6. The van der Waals surface area contributed by atoms with Crippen LogP contribution in [0, 0.1) is 0 Å². The molecule has 0 nitrogen and oxygen atoms in total. The molecule has 0 unspecified atom stereocenters. The van der Waals surface area contributed by atoms with Crippen LogP contribution in [-0.4, -0.2) is 52.2 Å². The van der Waals surface area contributed by atoms with Crippen molar-refractivity contribution in [3.05, 3.63) is 243 Å². The fourth-order valence-electron chi connectivity index (χ4n) is 9.93. The molecule has 0 atom stereocenters. The van der Waals surface area contributed by atoms with Crippen LogP contribution in [0.4, 0.5) is 0 Å². The second kappa shape index (κ2) is 18.1. The molecule has 0 aliphatic rings. The Morgan fingerprint density at radius 3 is 0.475 bits per heavy atom. The van der Waals surface area contributed by atoms with Gasteiger partial charge in [0.1, 0.15) is 0 Å². The summed E-state index contributed by atoms with van der Waals surface area (Å²) in [5.74, 6) is 0. The van der Waals surface area contributed by atoms with E-state index in [9.17, 15) is 0 Å². The third-order valence-electron chi connectivity index (χ3n) is 13.7. The standard InChI is InChI=1S/C54H52Br2SeSi4/c1-58(45-29-13-5-14-30-45,46-31-15-6-16-32-46)53(55,59(2,47-33-17-7-18-34-47)48-35-19-8-20-36-48)57-54(56,60(3,49-37-21-9-22-38-49)50-39-23-10-24-40-50)61(4,51-41-25-11-26-42-51)52-43-27-12-28-44-52/h5-44H,1-4H3. The molecule has 304 valence electrons. The van der Waals surface area contributed by atoms with Crippen molar-refractivity contribution < 1.29 is 0 Å². The Morgan fingerprint density at radius 2 is 0.361 bits per heavy atom. The van der Waals surface area contributed by atoms with Gasteiger partial charge in [-0.05, 0) is 0 Å². The van der Waals surface area contributed by atoms with E-state index in [1.807, 2.05) is 0 Å². The van der Waals surface area contributed by atoms with Crippen molar-refractivity contribution in [3.8, 4) is 0 Å². The van der Waals surface area contributed by atoms with Gasteiger partial charge in [-0.25, -0.2) is 0 Å². The zero-order valence-corrected chi connectivity index (χ0v) is 44.1. The molecule has 7 heteroatoms. The van der Waals surface area contributed by atoms with Crippen LogP contribution in [-0.2, 0) is 0 Å². The first kappa shape index (κ1) is 43.7. The van der Waals surface area contributed by atoms with Gasteiger partial charge in [0, 0.05) is 0 Å². The number of rotatable bonds is 14. The van der Waals surface area contributed by atoms with Crippen LogP contribution in [0.2, 0.25) is 26.2 Å². The van der Waals surface area contributed by atoms with Crippen molar-refractivity contribution in [2.75, 3.05) is 0 Å². The Hall–Kier alpha value is -3.89. The van der Waals surface area contributed by atoms with Gasteiger partial charge in [-0.15, -0.1) is 0 Å². The molecule has 0 aliphatic heterocycles. The molecular weight excluding hydrogens is 1000 g/mol. The molecule has 0 aliphatic carbocycles. The summed E-state index contributed by atoms with van der Waals surface area (Å²) in [6.45, 7) is 10.8. The molecule has 0 saturated heterocycles. The van der Waals surface area contributed by atoms with Crippen LogP contribution >= 0.6 is 31.9 Å². The number of hydrogen-bond acceptors (Lipinski definition) is 0. The number of halogens is 2. The van der Waals surface area contributed by atoms with E-state index < -0.39 is 32.3 Å². The molecule has 61 heavy (non-hydrogen) atoms. The summed E-state index contributed by atoms with van der Waals surface area (Å²) in [4.78, 5) is 0. The molecular formula is C54H52Br2SeSi4. The van der Waals surface area contributed by atoms with Crippen molar-refractivity contribution in [3.63, 3.8) is 0 Å². The van der Waals surface area contributed by atoms with Gasteiger partial charge >= 0.3 is 394 Å². The summed E-state index contributed by atoms with van der Waals surface area (Å²) in [5, 5.41) is 11.6. The van der Waals surface area contributed by atoms with Crippen molar-refractivity contribution in [2.45, 2.75) is 31.1 Å². The first-order valence-corrected chi connectivity index (χ1v) is 34.4. The molecule has 8 rings (SSSR count). The average Bonchev–Trinajstić information content (AvgIpc) is 3.34. The van der Waals surface area contributed by atoms with E-state index in [0.29, 0.717) is 0 Å². The van der Waals surface area contributed by atoms with Crippen LogP contribution < -0.4 is 41.5 Å². The second-order valence-corrected chi connectivity index (χ2v) is 48.2. The molecule has 8 aromatic carbocycles. The van der Waals surface area contributed by atoms with Gasteiger partial charge in [0.2, 0.25) is 0 Å². The van der Waals surface area contributed by atoms with E-state index in [-0.39, 0.29) is 19.9 Å². The SMILES string of the molecule is C[Si](c1ccccc1)(c1ccccc1)C(Br)([Se]C(Br)([Si](C)(c1ccccc1)c1ccccc1)[Si](C)(c1ccccc1)c1ccccc1)[Si](C)(c1ccccc1)c1ccccc1. The van der Waals surface area contributed by atoms with Gasteiger partial charge in [-0.1, -0.05) is 0 Å². The van der Waals surface area contributed by atoms with E-state index in [0.717, 1.165) is 0 Å². The first-order chi connectivity index (χ1) is 29.5. The van der Waals surface area contributed by atoms with E-state index in [2.05, 4.69) is 269 Å². The number of benzene rings is 8. The van der Waals surface area contributed by atoms with Gasteiger partial charge in [-0.2, -0.15) is 0 Å². The number of hydrogen-bond donors (Lipinski definition) is 0. The molecule has 0 N–H and O–H groups in total. The summed E-state index contributed by atoms with van der Waals surface area (Å²) >= 11 is 10.3. The fourth-order valence-corrected chi connectivity index (χ4v) is 62.8. The van der Waals surface area contributed by atoms with Gasteiger partial charge < -0.3 is 0 Å². The van der Waals surface area contributed by atoms with Crippen molar-refractivity contribution >= 4 is 121 Å². The van der Waals surface area contributed by atoms with Gasteiger partial charge in [0.15, 0.2) is 0 Å². The maximum absolute atomic E-state index is 5.25. The van der Waals surface area contributed by atoms with E-state index >= 15 is 0 Å². The Bertz CT molecular complexity index is 2100. The fraction of sp³-hybridized carbons (Fsp3) is 0.111. The molecule has 0 fully saturated rings. The number of alkyl halides is 2. The predicted octanol–water partition coefficient (Wildman–Crippen LogP) is 8.60. The topological polar surface area (TPSA) is 0 Å².